The van der Waals surface area contributed by atoms with Crippen LogP contribution in [0.4, 0.5) is 0 Å². The smallest absolute Gasteiger partial charge is 0.232 e. The molecule has 4 nitrogen and oxygen atoms in total. The van der Waals surface area contributed by atoms with Gasteiger partial charge in [0.05, 0.1) is 5.75 Å². The largest absolute Gasteiger partial charge is 0.339 e. The van der Waals surface area contributed by atoms with Gasteiger partial charge in [0, 0.05) is 32.1 Å². The van der Waals surface area contributed by atoms with E-state index in [4.69, 9.17) is 0 Å². The lowest BCUT2D eigenvalue weighted by Crippen LogP contribution is -2.51. The van der Waals surface area contributed by atoms with Gasteiger partial charge in [0.1, 0.15) is 0 Å². The van der Waals surface area contributed by atoms with Gasteiger partial charge in [-0.3, -0.25) is 9.59 Å². The molecular formula is C16H26N2O2S. The van der Waals surface area contributed by atoms with Crippen molar-refractivity contribution in [2.45, 2.75) is 38.5 Å². The molecule has 0 bridgehead atoms. The average molecular weight is 310 g/mol. The van der Waals surface area contributed by atoms with Gasteiger partial charge in [-0.05, 0) is 37.4 Å². The monoisotopic (exact) mass is 310 g/mol. The van der Waals surface area contributed by atoms with Crippen LogP contribution in [0.1, 0.15) is 38.5 Å². The normalized spacial score (nSPS) is 23.6. The van der Waals surface area contributed by atoms with E-state index in [1.807, 2.05) is 9.80 Å². The zero-order valence-electron chi connectivity index (χ0n) is 12.8. The van der Waals surface area contributed by atoms with Crippen molar-refractivity contribution in [3.8, 4) is 0 Å². The fourth-order valence-electron chi connectivity index (χ4n) is 3.35. The molecule has 1 saturated heterocycles. The molecule has 2 amide bonds. The Kier molecular flexibility index (Phi) is 5.09. The molecule has 0 unspecified atom stereocenters. The molecule has 21 heavy (non-hydrogen) atoms. The summed E-state index contributed by atoms with van der Waals surface area (Å²) in [6.07, 6.45) is 7.57. The van der Waals surface area contributed by atoms with Crippen molar-refractivity contribution in [2.75, 3.05) is 37.7 Å². The van der Waals surface area contributed by atoms with Gasteiger partial charge >= 0.3 is 0 Å². The summed E-state index contributed by atoms with van der Waals surface area (Å²) >= 11 is 1.80. The molecule has 5 heteroatoms. The number of rotatable bonds is 5. The molecule has 1 heterocycles. The maximum Gasteiger partial charge on any atom is 0.232 e. The second-order valence-electron chi connectivity index (χ2n) is 6.65. The lowest BCUT2D eigenvalue weighted by molar-refractivity contribution is -0.139. The number of hydrogen-bond donors (Lipinski definition) is 0. The Morgan fingerprint density at radius 1 is 0.905 bits per heavy atom. The molecule has 3 aliphatic rings. The van der Waals surface area contributed by atoms with Crippen molar-refractivity contribution in [2.24, 2.45) is 11.8 Å². The van der Waals surface area contributed by atoms with E-state index >= 15 is 0 Å². The fraction of sp³-hybridized carbons (Fsp3) is 0.875. The second-order valence-corrected chi connectivity index (χ2v) is 7.68. The molecule has 0 N–H and O–H groups in total. The van der Waals surface area contributed by atoms with Crippen molar-refractivity contribution in [1.82, 2.24) is 9.80 Å². The summed E-state index contributed by atoms with van der Waals surface area (Å²) in [6, 6.07) is 0. The lowest BCUT2D eigenvalue weighted by Gasteiger charge is -2.35. The Balaban J connectivity index is 1.33. The van der Waals surface area contributed by atoms with Crippen molar-refractivity contribution >= 4 is 23.6 Å². The van der Waals surface area contributed by atoms with Gasteiger partial charge in [-0.15, -0.1) is 0 Å². The van der Waals surface area contributed by atoms with E-state index in [9.17, 15) is 9.59 Å². The second kappa shape index (κ2) is 7.03. The lowest BCUT2D eigenvalue weighted by atomic mass is 10.1. The molecule has 3 rings (SSSR count). The van der Waals surface area contributed by atoms with Crippen molar-refractivity contribution in [1.29, 1.82) is 0 Å². The van der Waals surface area contributed by atoms with E-state index in [2.05, 4.69) is 0 Å². The molecule has 2 aliphatic carbocycles. The molecular weight excluding hydrogens is 284 g/mol. The van der Waals surface area contributed by atoms with Crippen LogP contribution in [0.3, 0.4) is 0 Å². The predicted molar refractivity (Wildman–Crippen MR) is 85.2 cm³/mol. The number of carbonyl (C=O) groups excluding carboxylic acids is 2. The van der Waals surface area contributed by atoms with Crippen LogP contribution in [0.2, 0.25) is 0 Å². The SMILES string of the molecule is O=C(CSCC1CCCC1)N1CCN(C(=O)C2CC2)CC1. The summed E-state index contributed by atoms with van der Waals surface area (Å²) < 4.78 is 0. The number of thioether (sulfide) groups is 1. The minimum Gasteiger partial charge on any atom is -0.339 e. The minimum atomic E-state index is 0.261. The first-order chi connectivity index (χ1) is 10.2. The molecule has 2 saturated carbocycles. The first-order valence-electron chi connectivity index (χ1n) is 8.38. The molecule has 0 aromatic rings. The molecule has 118 valence electrons. The van der Waals surface area contributed by atoms with Crippen molar-refractivity contribution in [3.63, 3.8) is 0 Å². The van der Waals surface area contributed by atoms with E-state index in [1.54, 1.807) is 11.8 Å². The number of nitrogens with zero attached hydrogens (tertiary/aromatic N) is 2. The molecule has 0 radical (unpaired) electrons. The summed E-state index contributed by atoms with van der Waals surface area (Å²) in [5, 5.41) is 0. The molecule has 3 fully saturated rings. The highest BCUT2D eigenvalue weighted by atomic mass is 32.2. The first-order valence-corrected chi connectivity index (χ1v) is 9.54. The van der Waals surface area contributed by atoms with Gasteiger partial charge in [-0.25, -0.2) is 0 Å². The number of carbonyl (C=O) groups is 2. The zero-order chi connectivity index (χ0) is 14.7. The predicted octanol–water partition coefficient (Wildman–Crippen LogP) is 1.99. The number of piperazine rings is 1. The third-order valence-electron chi connectivity index (χ3n) is 4.92. The van der Waals surface area contributed by atoms with Crippen LogP contribution in [-0.2, 0) is 9.59 Å². The highest BCUT2D eigenvalue weighted by Gasteiger charge is 2.35. The van der Waals surface area contributed by atoms with E-state index < -0.39 is 0 Å². The maximum absolute atomic E-state index is 12.2. The van der Waals surface area contributed by atoms with Gasteiger partial charge in [0.25, 0.3) is 0 Å². The van der Waals surface area contributed by atoms with Gasteiger partial charge < -0.3 is 9.80 Å². The van der Waals surface area contributed by atoms with Crippen LogP contribution >= 0.6 is 11.8 Å². The van der Waals surface area contributed by atoms with Gasteiger partial charge in [0.15, 0.2) is 0 Å². The van der Waals surface area contributed by atoms with Crippen LogP contribution in [0.25, 0.3) is 0 Å². The number of amides is 2. The third kappa shape index (κ3) is 4.15. The van der Waals surface area contributed by atoms with Gasteiger partial charge in [-0.1, -0.05) is 12.8 Å². The van der Waals surface area contributed by atoms with Crippen molar-refractivity contribution < 1.29 is 9.59 Å². The Bertz CT molecular complexity index is 384. The summed E-state index contributed by atoms with van der Waals surface area (Å²) in [7, 11) is 0. The summed E-state index contributed by atoms with van der Waals surface area (Å²) in [5.74, 6) is 3.48. The number of hydrogen-bond acceptors (Lipinski definition) is 3. The van der Waals surface area contributed by atoms with Crippen LogP contribution < -0.4 is 0 Å². The Morgan fingerprint density at radius 2 is 1.52 bits per heavy atom. The zero-order valence-corrected chi connectivity index (χ0v) is 13.6. The summed E-state index contributed by atoms with van der Waals surface area (Å²) in [4.78, 5) is 28.1. The molecule has 0 atom stereocenters. The topological polar surface area (TPSA) is 40.6 Å². The maximum atomic E-state index is 12.2. The third-order valence-corrected chi connectivity index (χ3v) is 6.08. The van der Waals surface area contributed by atoms with Crippen LogP contribution in [0, 0.1) is 11.8 Å². The molecule has 0 aromatic heterocycles. The Labute approximate surface area is 131 Å². The van der Waals surface area contributed by atoms with Crippen LogP contribution in [-0.4, -0.2) is 59.3 Å². The molecule has 1 aliphatic heterocycles. The van der Waals surface area contributed by atoms with Gasteiger partial charge in [0.2, 0.25) is 11.8 Å². The average Bonchev–Trinajstić information content (AvgIpc) is 3.24. The van der Waals surface area contributed by atoms with Crippen LogP contribution in [0.15, 0.2) is 0 Å². The molecule has 0 aromatic carbocycles. The van der Waals surface area contributed by atoms with Crippen LogP contribution in [0.5, 0.6) is 0 Å². The first kappa shape index (κ1) is 15.2. The quantitative estimate of drug-likeness (QED) is 0.780. The fourth-order valence-corrected chi connectivity index (χ4v) is 4.49. The van der Waals surface area contributed by atoms with E-state index in [0.29, 0.717) is 17.6 Å². The van der Waals surface area contributed by atoms with E-state index in [0.717, 1.165) is 50.7 Å². The highest BCUT2D eigenvalue weighted by molar-refractivity contribution is 7.99. The van der Waals surface area contributed by atoms with Gasteiger partial charge in [-0.2, -0.15) is 11.8 Å². The Morgan fingerprint density at radius 3 is 2.14 bits per heavy atom. The summed E-state index contributed by atoms with van der Waals surface area (Å²) in [5.41, 5.74) is 0. The Hall–Kier alpha value is -0.710. The van der Waals surface area contributed by atoms with E-state index in [-0.39, 0.29) is 5.91 Å². The standard InChI is InChI=1S/C16H26N2O2S/c19-15(12-21-11-13-3-1-2-4-13)17-7-9-18(10-8-17)16(20)14-5-6-14/h13-14H,1-12H2. The highest BCUT2D eigenvalue weighted by Crippen LogP contribution is 2.31. The van der Waals surface area contributed by atoms with E-state index in [1.165, 1.54) is 25.7 Å². The van der Waals surface area contributed by atoms with Crippen molar-refractivity contribution in [3.05, 3.63) is 0 Å². The minimum absolute atomic E-state index is 0.261. The molecule has 0 spiro atoms. The summed E-state index contributed by atoms with van der Waals surface area (Å²) in [6.45, 7) is 2.91.